The third-order valence-electron chi connectivity index (χ3n) is 6.17. The van der Waals surface area contributed by atoms with Gasteiger partial charge < -0.3 is 5.32 Å². The van der Waals surface area contributed by atoms with Crippen LogP contribution in [0.5, 0.6) is 0 Å². The molecule has 5 rings (SSSR count). The molecule has 1 atom stereocenters. The molecule has 2 N–H and O–H groups in total. The molecule has 34 heavy (non-hydrogen) atoms. The van der Waals surface area contributed by atoms with Crippen LogP contribution in [0.4, 0.5) is 11.6 Å². The van der Waals surface area contributed by atoms with Gasteiger partial charge in [0, 0.05) is 31.4 Å². The van der Waals surface area contributed by atoms with E-state index in [1.165, 1.54) is 35.8 Å². The van der Waals surface area contributed by atoms with Crippen LogP contribution in [-0.2, 0) is 24.4 Å². The standard InChI is InChI=1S/C25H28N6O2S/c1-29(34(32)33)18-20-6-2-3-7-23(20)24-13-12-22-16-26-25(28-31(22)24)27-21-10-8-19(9-11-21)17-30-14-4-5-15-30/h2-3,6-13,16H,4-5,14-15,17-18H2,1H3,(H,27,28)(H,32,33). The van der Waals surface area contributed by atoms with E-state index in [4.69, 9.17) is 5.10 Å². The Morgan fingerprint density at radius 2 is 1.82 bits per heavy atom. The summed E-state index contributed by atoms with van der Waals surface area (Å²) in [6.07, 6.45) is 4.38. The summed E-state index contributed by atoms with van der Waals surface area (Å²) in [5.74, 6) is 0.503. The molecule has 8 nitrogen and oxygen atoms in total. The highest BCUT2D eigenvalue weighted by atomic mass is 32.2. The smallest absolute Gasteiger partial charge is 0.245 e. The second kappa shape index (κ2) is 10.0. The van der Waals surface area contributed by atoms with Gasteiger partial charge in [-0.25, -0.2) is 13.7 Å². The quantitative estimate of drug-likeness (QED) is 0.369. The van der Waals surface area contributed by atoms with Gasteiger partial charge in [-0.1, -0.05) is 36.4 Å². The van der Waals surface area contributed by atoms with Crippen molar-refractivity contribution in [3.8, 4) is 11.3 Å². The van der Waals surface area contributed by atoms with Gasteiger partial charge in [-0.15, -0.1) is 5.10 Å². The van der Waals surface area contributed by atoms with Crippen LogP contribution >= 0.6 is 0 Å². The van der Waals surface area contributed by atoms with Crippen molar-refractivity contribution >= 4 is 28.4 Å². The number of benzene rings is 2. The van der Waals surface area contributed by atoms with Crippen molar-refractivity contribution in [2.75, 3.05) is 25.5 Å². The normalized spacial score (nSPS) is 15.3. The molecule has 2 aromatic heterocycles. The molecule has 1 aliphatic rings. The monoisotopic (exact) mass is 476 g/mol. The van der Waals surface area contributed by atoms with Crippen LogP contribution in [0.1, 0.15) is 24.0 Å². The lowest BCUT2D eigenvalue weighted by Gasteiger charge is -2.15. The van der Waals surface area contributed by atoms with Gasteiger partial charge in [0.2, 0.25) is 17.2 Å². The molecule has 2 aromatic carbocycles. The third-order valence-corrected chi connectivity index (χ3v) is 6.83. The average Bonchev–Trinajstić information content (AvgIpc) is 3.50. The van der Waals surface area contributed by atoms with E-state index in [0.717, 1.165) is 34.6 Å². The van der Waals surface area contributed by atoms with E-state index in [1.54, 1.807) is 13.2 Å². The van der Waals surface area contributed by atoms with Crippen molar-refractivity contribution in [1.82, 2.24) is 23.8 Å². The molecule has 1 saturated heterocycles. The Morgan fingerprint density at radius 3 is 2.59 bits per heavy atom. The van der Waals surface area contributed by atoms with Crippen LogP contribution in [0, 0.1) is 0 Å². The summed E-state index contributed by atoms with van der Waals surface area (Å²) >= 11 is -2.03. The van der Waals surface area contributed by atoms with Gasteiger partial charge >= 0.3 is 0 Å². The summed E-state index contributed by atoms with van der Waals surface area (Å²) in [6.45, 7) is 3.70. The fourth-order valence-corrected chi connectivity index (χ4v) is 4.64. The summed E-state index contributed by atoms with van der Waals surface area (Å²) in [5, 5.41) is 8.04. The summed E-state index contributed by atoms with van der Waals surface area (Å²) < 4.78 is 24.1. The Hall–Kier alpha value is -3.11. The second-order valence-electron chi connectivity index (χ2n) is 8.62. The number of fused-ring (bicyclic) bond motifs is 1. The van der Waals surface area contributed by atoms with Gasteiger partial charge in [-0.3, -0.25) is 9.45 Å². The summed E-state index contributed by atoms with van der Waals surface area (Å²) in [5.41, 5.74) is 5.90. The summed E-state index contributed by atoms with van der Waals surface area (Å²) in [4.78, 5) is 6.96. The Kier molecular flexibility index (Phi) is 6.68. The molecule has 0 bridgehead atoms. The molecule has 1 fully saturated rings. The highest BCUT2D eigenvalue weighted by molar-refractivity contribution is 7.76. The van der Waals surface area contributed by atoms with Crippen molar-refractivity contribution in [2.24, 2.45) is 0 Å². The van der Waals surface area contributed by atoms with Crippen LogP contribution in [0.15, 0.2) is 66.9 Å². The van der Waals surface area contributed by atoms with Gasteiger partial charge in [0.1, 0.15) is 0 Å². The first-order valence-electron chi connectivity index (χ1n) is 11.4. The molecule has 0 radical (unpaired) electrons. The maximum atomic E-state index is 11.4. The minimum atomic E-state index is -2.03. The lowest BCUT2D eigenvalue weighted by Crippen LogP contribution is -2.20. The van der Waals surface area contributed by atoms with Gasteiger partial charge in [0.15, 0.2) is 0 Å². The summed E-state index contributed by atoms with van der Waals surface area (Å²) in [7, 11) is 1.61. The van der Waals surface area contributed by atoms with Crippen LogP contribution in [0.25, 0.3) is 16.8 Å². The first-order chi connectivity index (χ1) is 16.6. The van der Waals surface area contributed by atoms with E-state index >= 15 is 0 Å². The Bertz CT molecular complexity index is 1300. The largest absolute Gasteiger partial charge is 0.323 e. The van der Waals surface area contributed by atoms with E-state index in [1.807, 2.05) is 40.9 Å². The van der Waals surface area contributed by atoms with E-state index < -0.39 is 11.3 Å². The fraction of sp³-hybridized carbons (Fsp3) is 0.280. The predicted molar refractivity (Wildman–Crippen MR) is 135 cm³/mol. The van der Waals surface area contributed by atoms with E-state index in [-0.39, 0.29) is 0 Å². The lowest BCUT2D eigenvalue weighted by atomic mass is 10.0. The highest BCUT2D eigenvalue weighted by Gasteiger charge is 2.15. The number of hydrogen-bond acceptors (Lipinski definition) is 5. The van der Waals surface area contributed by atoms with Crippen LogP contribution in [0.3, 0.4) is 0 Å². The molecule has 0 amide bonds. The average molecular weight is 477 g/mol. The number of rotatable bonds is 8. The van der Waals surface area contributed by atoms with Gasteiger partial charge in [-0.2, -0.15) is 4.31 Å². The molecule has 0 saturated carbocycles. The molecule has 0 spiro atoms. The number of anilines is 2. The molecular weight excluding hydrogens is 448 g/mol. The number of likely N-dealkylation sites (tertiary alicyclic amines) is 1. The maximum Gasteiger partial charge on any atom is 0.245 e. The maximum absolute atomic E-state index is 11.4. The second-order valence-corrected chi connectivity index (χ2v) is 9.70. The third kappa shape index (κ3) is 5.02. The number of nitrogens with zero attached hydrogens (tertiary/aromatic N) is 5. The Balaban J connectivity index is 1.38. The topological polar surface area (TPSA) is 86.0 Å². The van der Waals surface area contributed by atoms with Gasteiger partial charge in [-0.05, 0) is 61.3 Å². The van der Waals surface area contributed by atoms with Crippen molar-refractivity contribution in [2.45, 2.75) is 25.9 Å². The van der Waals surface area contributed by atoms with E-state index in [0.29, 0.717) is 12.5 Å². The first-order valence-corrected chi connectivity index (χ1v) is 12.5. The predicted octanol–water partition coefficient (Wildman–Crippen LogP) is 4.30. The molecule has 1 aliphatic heterocycles. The lowest BCUT2D eigenvalue weighted by molar-refractivity contribution is 0.331. The molecule has 176 valence electrons. The van der Waals surface area contributed by atoms with Crippen molar-refractivity contribution in [3.63, 3.8) is 0 Å². The van der Waals surface area contributed by atoms with Gasteiger partial charge in [0.25, 0.3) is 0 Å². The van der Waals surface area contributed by atoms with Crippen molar-refractivity contribution in [3.05, 3.63) is 78.0 Å². The highest BCUT2D eigenvalue weighted by Crippen LogP contribution is 2.27. The molecule has 4 aromatic rings. The van der Waals surface area contributed by atoms with Crippen LogP contribution < -0.4 is 5.32 Å². The van der Waals surface area contributed by atoms with Crippen LogP contribution in [0.2, 0.25) is 0 Å². The minimum absolute atomic E-state index is 0.340. The van der Waals surface area contributed by atoms with Gasteiger partial charge in [0.05, 0.1) is 17.4 Å². The Morgan fingerprint density at radius 1 is 1.06 bits per heavy atom. The SMILES string of the molecule is CN(Cc1ccccc1-c1ccc2cnc(Nc3ccc(CN4CCCC4)cc3)nn12)S(=O)O. The zero-order chi connectivity index (χ0) is 23.5. The van der Waals surface area contributed by atoms with Crippen molar-refractivity contribution in [1.29, 1.82) is 0 Å². The zero-order valence-electron chi connectivity index (χ0n) is 19.1. The minimum Gasteiger partial charge on any atom is -0.323 e. The first kappa shape index (κ1) is 22.7. The summed E-state index contributed by atoms with van der Waals surface area (Å²) in [6, 6.07) is 20.2. The Labute approximate surface area is 201 Å². The van der Waals surface area contributed by atoms with Crippen LogP contribution in [-0.4, -0.2) is 52.7 Å². The zero-order valence-corrected chi connectivity index (χ0v) is 19.9. The van der Waals surface area contributed by atoms with Crippen molar-refractivity contribution < 1.29 is 8.76 Å². The van der Waals surface area contributed by atoms with E-state index in [9.17, 15) is 8.76 Å². The molecule has 0 aliphatic carbocycles. The molecule has 3 heterocycles. The molecular formula is C25H28N6O2S. The fourth-order valence-electron chi connectivity index (χ4n) is 4.39. The van der Waals surface area contributed by atoms with E-state index in [2.05, 4.69) is 39.5 Å². The number of nitrogens with one attached hydrogen (secondary N) is 1. The molecule has 9 heteroatoms. The molecule has 1 unspecified atom stereocenters. The number of aromatic nitrogens is 3. The number of hydrogen-bond donors (Lipinski definition) is 2.